The number of nitrogen functional groups attached to an aromatic ring is 1. The molecular weight excluding hydrogens is 384 g/mol. The fraction of sp³-hybridized carbons (Fsp3) is 0.421. The lowest BCUT2D eigenvalue weighted by Gasteiger charge is -2.22. The number of hydrogen-bond donors (Lipinski definition) is 2. The van der Waals surface area contributed by atoms with Crippen LogP contribution in [0.2, 0.25) is 0 Å². The standard InChI is InChI=1S/C19H26N2O6S/c1-6-9-26-16(22)12-7-8-15(13(20)10-12)28-11-14(17(23)25-5)21-18(24)27-19(2,3)4/h6-8,10,14H,1,9,11,20H2,2-5H3,(H,21,24). The van der Waals surface area contributed by atoms with Gasteiger partial charge in [0.2, 0.25) is 0 Å². The van der Waals surface area contributed by atoms with Crippen molar-refractivity contribution >= 4 is 35.5 Å². The van der Waals surface area contributed by atoms with Crippen LogP contribution in [0.5, 0.6) is 0 Å². The molecule has 0 saturated heterocycles. The molecule has 0 saturated carbocycles. The zero-order chi connectivity index (χ0) is 21.3. The summed E-state index contributed by atoms with van der Waals surface area (Å²) < 4.78 is 14.8. The van der Waals surface area contributed by atoms with Crippen LogP contribution in [0, 0.1) is 0 Å². The topological polar surface area (TPSA) is 117 Å². The number of rotatable bonds is 8. The van der Waals surface area contributed by atoms with Crippen molar-refractivity contribution in [2.75, 3.05) is 25.2 Å². The summed E-state index contributed by atoms with van der Waals surface area (Å²) in [6.07, 6.45) is 0.743. The molecule has 0 aliphatic carbocycles. The van der Waals surface area contributed by atoms with E-state index in [0.717, 1.165) is 0 Å². The van der Waals surface area contributed by atoms with E-state index in [4.69, 9.17) is 19.9 Å². The Morgan fingerprint density at radius 3 is 2.54 bits per heavy atom. The first kappa shape index (κ1) is 23.4. The molecule has 1 aromatic rings. The van der Waals surface area contributed by atoms with Crippen LogP contribution in [0.15, 0.2) is 35.7 Å². The SMILES string of the molecule is C=CCOC(=O)c1ccc(SCC(NC(=O)OC(C)(C)C)C(=O)OC)c(N)c1. The van der Waals surface area contributed by atoms with Crippen LogP contribution < -0.4 is 11.1 Å². The molecule has 1 atom stereocenters. The Labute approximate surface area is 168 Å². The maximum Gasteiger partial charge on any atom is 0.408 e. The summed E-state index contributed by atoms with van der Waals surface area (Å²) in [6.45, 7) is 8.74. The van der Waals surface area contributed by atoms with E-state index in [9.17, 15) is 14.4 Å². The number of hydrogen-bond acceptors (Lipinski definition) is 8. The third-order valence-corrected chi connectivity index (χ3v) is 4.34. The molecule has 1 rings (SSSR count). The molecule has 0 fully saturated rings. The highest BCUT2D eigenvalue weighted by atomic mass is 32.2. The van der Waals surface area contributed by atoms with Crippen molar-refractivity contribution in [3.05, 3.63) is 36.4 Å². The van der Waals surface area contributed by atoms with Gasteiger partial charge in [-0.3, -0.25) is 0 Å². The van der Waals surface area contributed by atoms with Gasteiger partial charge in [0.1, 0.15) is 18.2 Å². The lowest BCUT2D eigenvalue weighted by Crippen LogP contribution is -2.45. The Kier molecular flexibility index (Phi) is 8.84. The van der Waals surface area contributed by atoms with Crippen molar-refractivity contribution in [1.82, 2.24) is 5.32 Å². The number of ether oxygens (including phenoxy) is 3. The smallest absolute Gasteiger partial charge is 0.408 e. The second-order valence-corrected chi connectivity index (χ2v) is 7.73. The molecule has 0 bridgehead atoms. The van der Waals surface area contributed by atoms with Crippen LogP contribution in [-0.4, -0.2) is 49.1 Å². The van der Waals surface area contributed by atoms with Gasteiger partial charge in [0.05, 0.1) is 12.7 Å². The highest BCUT2D eigenvalue weighted by Gasteiger charge is 2.25. The Morgan fingerprint density at radius 1 is 1.32 bits per heavy atom. The van der Waals surface area contributed by atoms with Gasteiger partial charge < -0.3 is 25.3 Å². The fourth-order valence-corrected chi connectivity index (χ4v) is 2.91. The van der Waals surface area contributed by atoms with Gasteiger partial charge in [-0.25, -0.2) is 14.4 Å². The monoisotopic (exact) mass is 410 g/mol. The van der Waals surface area contributed by atoms with Crippen molar-refractivity contribution in [2.24, 2.45) is 0 Å². The number of amides is 1. The van der Waals surface area contributed by atoms with Crippen molar-refractivity contribution in [2.45, 2.75) is 37.3 Å². The molecule has 3 N–H and O–H groups in total. The number of alkyl carbamates (subject to hydrolysis) is 1. The molecule has 0 aromatic heterocycles. The van der Waals surface area contributed by atoms with Gasteiger partial charge >= 0.3 is 18.0 Å². The van der Waals surface area contributed by atoms with E-state index >= 15 is 0 Å². The van der Waals surface area contributed by atoms with E-state index in [-0.39, 0.29) is 12.4 Å². The maximum absolute atomic E-state index is 12.0. The minimum Gasteiger partial charge on any atom is -0.467 e. The van der Waals surface area contributed by atoms with Crippen molar-refractivity contribution < 1.29 is 28.6 Å². The minimum absolute atomic E-state index is 0.104. The lowest BCUT2D eigenvalue weighted by molar-refractivity contribution is -0.142. The Bertz CT molecular complexity index is 730. The molecule has 1 amide bonds. The Balaban J connectivity index is 2.78. The van der Waals surface area contributed by atoms with Gasteiger partial charge in [0, 0.05) is 16.3 Å². The van der Waals surface area contributed by atoms with E-state index in [0.29, 0.717) is 16.1 Å². The van der Waals surface area contributed by atoms with Crippen LogP contribution in [0.1, 0.15) is 31.1 Å². The quantitative estimate of drug-likeness (QED) is 0.221. The molecule has 0 radical (unpaired) electrons. The highest BCUT2D eigenvalue weighted by molar-refractivity contribution is 7.99. The molecule has 8 nitrogen and oxygen atoms in total. The molecule has 0 spiro atoms. The summed E-state index contributed by atoms with van der Waals surface area (Å²) in [7, 11) is 1.23. The average Bonchev–Trinajstić information content (AvgIpc) is 2.61. The number of nitrogens with one attached hydrogen (secondary N) is 1. The molecule has 1 aromatic carbocycles. The van der Waals surface area contributed by atoms with Crippen LogP contribution in [-0.2, 0) is 19.0 Å². The van der Waals surface area contributed by atoms with Gasteiger partial charge in [-0.15, -0.1) is 11.8 Å². The summed E-state index contributed by atoms with van der Waals surface area (Å²) >= 11 is 1.23. The van der Waals surface area contributed by atoms with E-state index in [1.54, 1.807) is 32.9 Å². The molecule has 9 heteroatoms. The lowest BCUT2D eigenvalue weighted by atomic mass is 10.2. The number of anilines is 1. The molecule has 1 unspecified atom stereocenters. The molecule has 28 heavy (non-hydrogen) atoms. The molecule has 0 heterocycles. The molecule has 0 aliphatic rings. The summed E-state index contributed by atoms with van der Waals surface area (Å²) in [4.78, 5) is 36.4. The van der Waals surface area contributed by atoms with Crippen LogP contribution in [0.4, 0.5) is 10.5 Å². The van der Waals surface area contributed by atoms with Gasteiger partial charge in [-0.05, 0) is 39.0 Å². The second kappa shape index (κ2) is 10.6. The molecule has 154 valence electrons. The number of nitrogens with two attached hydrogens (primary N) is 1. The first-order chi connectivity index (χ1) is 13.1. The number of carbonyl (C=O) groups excluding carboxylic acids is 3. The van der Waals surface area contributed by atoms with Crippen molar-refractivity contribution in [3.63, 3.8) is 0 Å². The van der Waals surface area contributed by atoms with Gasteiger partial charge in [0.25, 0.3) is 0 Å². The highest BCUT2D eigenvalue weighted by Crippen LogP contribution is 2.27. The molecule has 0 aliphatic heterocycles. The van der Waals surface area contributed by atoms with Gasteiger partial charge in [-0.1, -0.05) is 12.7 Å². The Hall–Kier alpha value is -2.68. The van der Waals surface area contributed by atoms with Crippen molar-refractivity contribution in [1.29, 1.82) is 0 Å². The van der Waals surface area contributed by atoms with Gasteiger partial charge in [0.15, 0.2) is 0 Å². The first-order valence-electron chi connectivity index (χ1n) is 8.45. The summed E-state index contributed by atoms with van der Waals surface area (Å²) in [5.74, 6) is -0.958. The predicted octanol–water partition coefficient (Wildman–Crippen LogP) is 2.77. The van der Waals surface area contributed by atoms with E-state index in [1.807, 2.05) is 0 Å². The normalized spacial score (nSPS) is 11.9. The van der Waals surface area contributed by atoms with Crippen LogP contribution in [0.3, 0.4) is 0 Å². The first-order valence-corrected chi connectivity index (χ1v) is 9.43. The zero-order valence-corrected chi connectivity index (χ0v) is 17.3. The van der Waals surface area contributed by atoms with Crippen LogP contribution >= 0.6 is 11.8 Å². The average molecular weight is 410 g/mol. The third kappa shape index (κ3) is 7.91. The van der Waals surface area contributed by atoms with E-state index < -0.39 is 29.7 Å². The molecular formula is C19H26N2O6S. The number of carbonyl (C=O) groups is 3. The third-order valence-electron chi connectivity index (χ3n) is 3.16. The Morgan fingerprint density at radius 2 is 2.00 bits per heavy atom. The van der Waals surface area contributed by atoms with Crippen molar-refractivity contribution in [3.8, 4) is 0 Å². The number of esters is 2. The predicted molar refractivity (Wildman–Crippen MR) is 107 cm³/mol. The van der Waals surface area contributed by atoms with E-state index in [1.165, 1.54) is 31.0 Å². The second-order valence-electron chi connectivity index (χ2n) is 6.67. The fourth-order valence-electron chi connectivity index (χ4n) is 1.96. The number of thioether (sulfide) groups is 1. The zero-order valence-electron chi connectivity index (χ0n) is 16.4. The number of benzene rings is 1. The maximum atomic E-state index is 12.0. The number of methoxy groups -OCH3 is 1. The van der Waals surface area contributed by atoms with Gasteiger partial charge in [-0.2, -0.15) is 0 Å². The minimum atomic E-state index is -0.929. The summed E-state index contributed by atoms with van der Waals surface area (Å²) in [5, 5.41) is 2.49. The van der Waals surface area contributed by atoms with Crippen LogP contribution in [0.25, 0.3) is 0 Å². The summed E-state index contributed by atoms with van der Waals surface area (Å²) in [6, 6.07) is 3.77. The summed E-state index contributed by atoms with van der Waals surface area (Å²) in [5.41, 5.74) is 5.95. The largest absolute Gasteiger partial charge is 0.467 e. The van der Waals surface area contributed by atoms with E-state index in [2.05, 4.69) is 11.9 Å².